The molecule has 2 N–H and O–H groups in total. The maximum Gasteiger partial charge on any atom is 0.415 e. The van der Waals surface area contributed by atoms with Crippen LogP contribution in [0.15, 0.2) is 28.7 Å². The molecule has 2 rings (SSSR count). The summed E-state index contributed by atoms with van der Waals surface area (Å²) in [5.74, 6) is 0.539. The SMILES string of the molecule is NC1CCCN(C(=O)Oc2ccccc2Br)C1. The molecule has 92 valence electrons. The van der Waals surface area contributed by atoms with E-state index in [2.05, 4.69) is 15.9 Å². The first-order valence-electron chi connectivity index (χ1n) is 5.63. The molecule has 1 fully saturated rings. The molecule has 4 nitrogen and oxygen atoms in total. The van der Waals surface area contributed by atoms with Crippen LogP contribution in [0.25, 0.3) is 0 Å². The summed E-state index contributed by atoms with van der Waals surface area (Å²) < 4.78 is 6.09. The fourth-order valence-electron chi connectivity index (χ4n) is 1.86. The number of piperidine rings is 1. The molecule has 0 spiro atoms. The monoisotopic (exact) mass is 298 g/mol. The minimum Gasteiger partial charge on any atom is -0.409 e. The Labute approximate surface area is 109 Å². The van der Waals surface area contributed by atoms with E-state index in [0.29, 0.717) is 12.3 Å². The maximum atomic E-state index is 11.9. The summed E-state index contributed by atoms with van der Waals surface area (Å²) in [6, 6.07) is 7.36. The summed E-state index contributed by atoms with van der Waals surface area (Å²) in [4.78, 5) is 13.6. The Morgan fingerprint density at radius 1 is 1.47 bits per heavy atom. The van der Waals surface area contributed by atoms with Gasteiger partial charge in [0, 0.05) is 19.1 Å². The molecule has 0 saturated carbocycles. The van der Waals surface area contributed by atoms with Gasteiger partial charge in [0.1, 0.15) is 5.75 Å². The molecule has 5 heteroatoms. The average molecular weight is 299 g/mol. The number of likely N-dealkylation sites (tertiary alicyclic amines) is 1. The third-order valence-electron chi connectivity index (χ3n) is 2.75. The van der Waals surface area contributed by atoms with Gasteiger partial charge in [-0.1, -0.05) is 12.1 Å². The number of carbonyl (C=O) groups is 1. The molecule has 1 aliphatic heterocycles. The summed E-state index contributed by atoms with van der Waals surface area (Å²) >= 11 is 3.34. The van der Waals surface area contributed by atoms with Crippen LogP contribution in [0.2, 0.25) is 0 Å². The summed E-state index contributed by atoms with van der Waals surface area (Å²) in [5, 5.41) is 0. The Kier molecular flexibility index (Phi) is 4.02. The minimum atomic E-state index is -0.327. The van der Waals surface area contributed by atoms with E-state index < -0.39 is 0 Å². The molecule has 0 radical (unpaired) electrons. The Hall–Kier alpha value is -1.07. The van der Waals surface area contributed by atoms with Crippen molar-refractivity contribution in [2.75, 3.05) is 13.1 Å². The summed E-state index contributed by atoms with van der Waals surface area (Å²) in [5.41, 5.74) is 5.83. The van der Waals surface area contributed by atoms with E-state index in [4.69, 9.17) is 10.5 Å². The van der Waals surface area contributed by atoms with Gasteiger partial charge >= 0.3 is 6.09 Å². The van der Waals surface area contributed by atoms with E-state index in [1.165, 1.54) is 0 Å². The van der Waals surface area contributed by atoms with Crippen LogP contribution in [-0.4, -0.2) is 30.1 Å². The number of amides is 1. The maximum absolute atomic E-state index is 11.9. The van der Waals surface area contributed by atoms with Crippen molar-refractivity contribution in [1.82, 2.24) is 4.90 Å². The van der Waals surface area contributed by atoms with Crippen molar-refractivity contribution in [2.24, 2.45) is 5.73 Å². The number of hydrogen-bond donors (Lipinski definition) is 1. The zero-order valence-corrected chi connectivity index (χ0v) is 11.0. The number of ether oxygens (including phenoxy) is 1. The van der Waals surface area contributed by atoms with Crippen molar-refractivity contribution in [3.8, 4) is 5.75 Å². The third kappa shape index (κ3) is 3.20. The molecular formula is C12H15BrN2O2. The predicted octanol–water partition coefficient (Wildman–Crippen LogP) is 2.37. The van der Waals surface area contributed by atoms with Crippen molar-refractivity contribution in [3.63, 3.8) is 0 Å². The largest absolute Gasteiger partial charge is 0.415 e. The normalized spacial score (nSPS) is 20.1. The number of rotatable bonds is 1. The van der Waals surface area contributed by atoms with Crippen molar-refractivity contribution in [1.29, 1.82) is 0 Å². The van der Waals surface area contributed by atoms with Gasteiger partial charge in [-0.3, -0.25) is 0 Å². The molecular weight excluding hydrogens is 284 g/mol. The van der Waals surface area contributed by atoms with Crippen molar-refractivity contribution in [3.05, 3.63) is 28.7 Å². The lowest BCUT2D eigenvalue weighted by Gasteiger charge is -2.29. The van der Waals surface area contributed by atoms with Gasteiger partial charge in [0.2, 0.25) is 0 Å². The highest BCUT2D eigenvalue weighted by Gasteiger charge is 2.23. The minimum absolute atomic E-state index is 0.0653. The topological polar surface area (TPSA) is 55.6 Å². The second kappa shape index (κ2) is 5.51. The predicted molar refractivity (Wildman–Crippen MR) is 68.9 cm³/mol. The number of halogens is 1. The number of carbonyl (C=O) groups excluding carboxylic acids is 1. The number of para-hydroxylation sites is 1. The second-order valence-electron chi connectivity index (χ2n) is 4.15. The first-order chi connectivity index (χ1) is 8.16. The molecule has 17 heavy (non-hydrogen) atoms. The van der Waals surface area contributed by atoms with E-state index in [-0.39, 0.29) is 12.1 Å². The lowest BCUT2D eigenvalue weighted by molar-refractivity contribution is 0.137. The van der Waals surface area contributed by atoms with Crippen LogP contribution in [0, 0.1) is 0 Å². The average Bonchev–Trinajstić information content (AvgIpc) is 2.32. The second-order valence-corrected chi connectivity index (χ2v) is 5.00. The van der Waals surface area contributed by atoms with E-state index in [1.807, 2.05) is 18.2 Å². The van der Waals surface area contributed by atoms with Gasteiger partial charge in [0.15, 0.2) is 0 Å². The third-order valence-corrected chi connectivity index (χ3v) is 3.41. The fraction of sp³-hybridized carbons (Fsp3) is 0.417. The smallest absolute Gasteiger partial charge is 0.409 e. The van der Waals surface area contributed by atoms with Gasteiger partial charge in [0.05, 0.1) is 4.47 Å². The molecule has 1 amide bonds. The zero-order valence-electron chi connectivity index (χ0n) is 9.43. The Balaban J connectivity index is 1.99. The molecule has 1 saturated heterocycles. The van der Waals surface area contributed by atoms with E-state index in [1.54, 1.807) is 11.0 Å². The molecule has 0 aliphatic carbocycles. The van der Waals surface area contributed by atoms with Crippen LogP contribution in [0.1, 0.15) is 12.8 Å². The first kappa shape index (κ1) is 12.4. The van der Waals surface area contributed by atoms with E-state index in [9.17, 15) is 4.79 Å². The van der Waals surface area contributed by atoms with Crippen LogP contribution in [-0.2, 0) is 0 Å². The fourth-order valence-corrected chi connectivity index (χ4v) is 2.23. The Bertz CT molecular complexity index is 411. The Morgan fingerprint density at radius 2 is 2.24 bits per heavy atom. The van der Waals surface area contributed by atoms with E-state index in [0.717, 1.165) is 23.9 Å². The van der Waals surface area contributed by atoms with Crippen LogP contribution >= 0.6 is 15.9 Å². The van der Waals surface area contributed by atoms with Gasteiger partial charge in [-0.05, 0) is 40.9 Å². The lowest BCUT2D eigenvalue weighted by Crippen LogP contribution is -2.46. The number of nitrogens with zero attached hydrogens (tertiary/aromatic N) is 1. The number of hydrogen-bond acceptors (Lipinski definition) is 3. The van der Waals surface area contributed by atoms with Gasteiger partial charge < -0.3 is 15.4 Å². The van der Waals surface area contributed by atoms with Crippen LogP contribution in [0.3, 0.4) is 0 Å². The lowest BCUT2D eigenvalue weighted by atomic mass is 10.1. The van der Waals surface area contributed by atoms with Gasteiger partial charge in [-0.25, -0.2) is 4.79 Å². The first-order valence-corrected chi connectivity index (χ1v) is 6.43. The number of benzene rings is 1. The molecule has 0 aromatic heterocycles. The van der Waals surface area contributed by atoms with E-state index >= 15 is 0 Å². The van der Waals surface area contributed by atoms with Crippen molar-refractivity contribution >= 4 is 22.0 Å². The van der Waals surface area contributed by atoms with Gasteiger partial charge in [-0.15, -0.1) is 0 Å². The van der Waals surface area contributed by atoms with Crippen molar-refractivity contribution in [2.45, 2.75) is 18.9 Å². The Morgan fingerprint density at radius 3 is 2.94 bits per heavy atom. The van der Waals surface area contributed by atoms with Crippen LogP contribution < -0.4 is 10.5 Å². The van der Waals surface area contributed by atoms with Gasteiger partial charge in [0.25, 0.3) is 0 Å². The van der Waals surface area contributed by atoms with Crippen LogP contribution in [0.5, 0.6) is 5.75 Å². The molecule has 0 bridgehead atoms. The molecule has 1 aliphatic rings. The van der Waals surface area contributed by atoms with Crippen LogP contribution in [0.4, 0.5) is 4.79 Å². The molecule has 1 atom stereocenters. The summed E-state index contributed by atoms with van der Waals surface area (Å²) in [6.07, 6.45) is 1.58. The molecule has 1 unspecified atom stereocenters. The highest BCUT2D eigenvalue weighted by molar-refractivity contribution is 9.10. The molecule has 1 aromatic carbocycles. The highest BCUT2D eigenvalue weighted by Crippen LogP contribution is 2.24. The summed E-state index contributed by atoms with van der Waals surface area (Å²) in [7, 11) is 0. The molecule has 1 heterocycles. The molecule has 1 aromatic rings. The van der Waals surface area contributed by atoms with Crippen molar-refractivity contribution < 1.29 is 9.53 Å². The quantitative estimate of drug-likeness (QED) is 0.866. The summed E-state index contributed by atoms with van der Waals surface area (Å²) in [6.45, 7) is 1.29. The number of nitrogens with two attached hydrogens (primary N) is 1. The van der Waals surface area contributed by atoms with Gasteiger partial charge in [-0.2, -0.15) is 0 Å². The zero-order chi connectivity index (χ0) is 12.3. The highest BCUT2D eigenvalue weighted by atomic mass is 79.9. The standard InChI is InChI=1S/C12H15BrN2O2/c13-10-5-1-2-6-11(10)17-12(16)15-7-3-4-9(14)8-15/h1-2,5-6,9H,3-4,7-8,14H2.